The molecule has 1 aliphatic heterocycles. The average Bonchev–Trinajstić information content (AvgIpc) is 3.44. The van der Waals surface area contributed by atoms with Gasteiger partial charge in [0.25, 0.3) is 10.0 Å². The van der Waals surface area contributed by atoms with E-state index in [2.05, 4.69) is 14.6 Å². The molecule has 4 rings (SSSR count). The third kappa shape index (κ3) is 5.13. The summed E-state index contributed by atoms with van der Waals surface area (Å²) in [6.45, 7) is 3.88. The third-order valence-electron chi connectivity index (χ3n) is 5.91. The van der Waals surface area contributed by atoms with Gasteiger partial charge in [-0.25, -0.2) is 22.2 Å². The Morgan fingerprint density at radius 3 is 2.82 bits per heavy atom. The van der Waals surface area contributed by atoms with Crippen molar-refractivity contribution in [2.45, 2.75) is 30.8 Å². The molecule has 3 aromatic rings. The van der Waals surface area contributed by atoms with Crippen LogP contribution in [0, 0.1) is 18.6 Å². The summed E-state index contributed by atoms with van der Waals surface area (Å²) in [5.74, 6) is -0.993. The second-order valence-corrected chi connectivity index (χ2v) is 10.8. The molecule has 1 unspecified atom stereocenters. The van der Waals surface area contributed by atoms with E-state index in [0.29, 0.717) is 24.3 Å². The van der Waals surface area contributed by atoms with Crippen LogP contribution in [0.5, 0.6) is 0 Å². The largest absolute Gasteiger partial charge is 0.369 e. The number of thiazole rings is 1. The molecule has 2 heterocycles. The fourth-order valence-corrected chi connectivity index (χ4v) is 5.99. The van der Waals surface area contributed by atoms with Gasteiger partial charge >= 0.3 is 0 Å². The lowest BCUT2D eigenvalue weighted by molar-refractivity contribution is 0.324. The Labute approximate surface area is 200 Å². The molecule has 0 bridgehead atoms. The molecule has 6 nitrogen and oxygen atoms in total. The minimum absolute atomic E-state index is 0.0475. The molecular weight excluding hydrogens is 490 g/mol. The fourth-order valence-electron chi connectivity index (χ4n) is 3.98. The summed E-state index contributed by atoms with van der Waals surface area (Å²) in [5, 5.41) is 1.65. The van der Waals surface area contributed by atoms with Gasteiger partial charge < -0.3 is 4.90 Å². The van der Waals surface area contributed by atoms with Gasteiger partial charge in [-0.2, -0.15) is 0 Å². The summed E-state index contributed by atoms with van der Waals surface area (Å²) in [4.78, 5) is 7.41. The standard InChI is InChI=1S/C22H23ClF2N4O2S2/c1-14-15(4-3-5-18(14)24)10-29-7-6-16(11-29)28(2)20-9-19(25)21(8-17(20)23)33(30,31)27-22-12-32-13-26-22/h3-5,8-9,12-13,16,27H,6-7,10-11H2,1-2H3. The van der Waals surface area contributed by atoms with Crippen molar-refractivity contribution < 1.29 is 17.2 Å². The monoisotopic (exact) mass is 512 g/mol. The van der Waals surface area contributed by atoms with Crippen molar-refractivity contribution in [3.8, 4) is 0 Å². The van der Waals surface area contributed by atoms with Crippen LogP contribution in [-0.2, 0) is 16.6 Å². The molecule has 0 amide bonds. The number of hydrogen-bond donors (Lipinski definition) is 1. The summed E-state index contributed by atoms with van der Waals surface area (Å²) in [6, 6.07) is 7.40. The lowest BCUT2D eigenvalue weighted by Gasteiger charge is -2.28. The van der Waals surface area contributed by atoms with Crippen molar-refractivity contribution in [1.82, 2.24) is 9.88 Å². The summed E-state index contributed by atoms with van der Waals surface area (Å²) in [6.07, 6.45) is 0.814. The van der Waals surface area contributed by atoms with Crippen LogP contribution in [0.1, 0.15) is 17.5 Å². The van der Waals surface area contributed by atoms with Gasteiger partial charge in [-0.3, -0.25) is 9.62 Å². The molecular formula is C22H23ClF2N4O2S2. The first kappa shape index (κ1) is 23.9. The second kappa shape index (κ2) is 9.54. The van der Waals surface area contributed by atoms with E-state index in [1.54, 1.807) is 13.0 Å². The maximum absolute atomic E-state index is 14.9. The number of likely N-dealkylation sites (N-methyl/N-ethyl adjacent to an activating group) is 1. The number of benzene rings is 2. The summed E-state index contributed by atoms with van der Waals surface area (Å²) >= 11 is 7.62. The van der Waals surface area contributed by atoms with Crippen molar-refractivity contribution in [3.63, 3.8) is 0 Å². The van der Waals surface area contributed by atoms with Crippen LogP contribution in [0.2, 0.25) is 5.02 Å². The average molecular weight is 513 g/mol. The Hall–Kier alpha value is -2.27. The summed E-state index contributed by atoms with van der Waals surface area (Å²) in [5.41, 5.74) is 3.46. The number of hydrogen-bond acceptors (Lipinski definition) is 6. The highest BCUT2D eigenvalue weighted by molar-refractivity contribution is 7.92. The Morgan fingerprint density at radius 1 is 1.30 bits per heavy atom. The molecule has 0 spiro atoms. The van der Waals surface area contributed by atoms with Gasteiger partial charge in [-0.1, -0.05) is 23.7 Å². The van der Waals surface area contributed by atoms with Crippen LogP contribution in [0.15, 0.2) is 46.1 Å². The van der Waals surface area contributed by atoms with Crippen LogP contribution < -0.4 is 9.62 Å². The van der Waals surface area contributed by atoms with Gasteiger partial charge in [0.05, 0.1) is 16.2 Å². The van der Waals surface area contributed by atoms with Gasteiger partial charge in [0.1, 0.15) is 16.5 Å². The molecule has 33 heavy (non-hydrogen) atoms. The van der Waals surface area contributed by atoms with E-state index < -0.39 is 20.7 Å². The van der Waals surface area contributed by atoms with E-state index in [9.17, 15) is 17.2 Å². The topological polar surface area (TPSA) is 65.5 Å². The molecule has 1 fully saturated rings. The number of nitrogens with one attached hydrogen (secondary N) is 1. The zero-order chi connectivity index (χ0) is 23.8. The molecule has 0 radical (unpaired) electrons. The van der Waals surface area contributed by atoms with E-state index in [1.807, 2.05) is 18.0 Å². The maximum atomic E-state index is 14.9. The molecule has 0 aliphatic carbocycles. The summed E-state index contributed by atoms with van der Waals surface area (Å²) in [7, 11) is -2.36. The predicted octanol–water partition coefficient (Wildman–Crippen LogP) is 4.89. The minimum atomic E-state index is -4.17. The normalized spacial score (nSPS) is 16.8. The first-order valence-corrected chi connectivity index (χ1v) is 13.1. The van der Waals surface area contributed by atoms with E-state index in [1.165, 1.54) is 28.3 Å². The van der Waals surface area contributed by atoms with Crippen molar-refractivity contribution in [3.05, 3.63) is 69.0 Å². The zero-order valence-electron chi connectivity index (χ0n) is 18.1. The second-order valence-electron chi connectivity index (χ2n) is 8.03. The lowest BCUT2D eigenvalue weighted by atomic mass is 10.1. The molecule has 1 saturated heterocycles. The number of nitrogens with zero attached hydrogens (tertiary/aromatic N) is 3. The predicted molar refractivity (Wildman–Crippen MR) is 128 cm³/mol. The number of rotatable bonds is 7. The van der Waals surface area contributed by atoms with Gasteiger partial charge in [0.15, 0.2) is 5.82 Å². The highest BCUT2D eigenvalue weighted by Crippen LogP contribution is 2.34. The van der Waals surface area contributed by atoms with E-state index in [-0.39, 0.29) is 22.7 Å². The lowest BCUT2D eigenvalue weighted by Crippen LogP contribution is -2.34. The molecule has 11 heteroatoms. The smallest absolute Gasteiger partial charge is 0.266 e. The Bertz CT molecular complexity index is 1260. The Balaban J connectivity index is 1.49. The fraction of sp³-hybridized carbons (Fsp3) is 0.318. The molecule has 1 aromatic heterocycles. The number of aromatic nitrogens is 1. The Kier molecular flexibility index (Phi) is 6.90. The highest BCUT2D eigenvalue weighted by Gasteiger charge is 2.29. The SMILES string of the molecule is Cc1c(F)cccc1CN1CCC(N(C)c2cc(F)c(S(=O)(=O)Nc3cscn3)cc2Cl)C1. The van der Waals surface area contributed by atoms with Crippen molar-refractivity contribution >= 4 is 44.5 Å². The van der Waals surface area contributed by atoms with Gasteiger partial charge in [0, 0.05) is 44.2 Å². The van der Waals surface area contributed by atoms with E-state index in [0.717, 1.165) is 30.7 Å². The molecule has 1 atom stereocenters. The van der Waals surface area contributed by atoms with Crippen molar-refractivity contribution in [1.29, 1.82) is 0 Å². The molecule has 176 valence electrons. The van der Waals surface area contributed by atoms with Gasteiger partial charge in [-0.15, -0.1) is 11.3 Å². The highest BCUT2D eigenvalue weighted by atomic mass is 35.5. The maximum Gasteiger partial charge on any atom is 0.266 e. The number of likely N-dealkylation sites (tertiary alicyclic amines) is 1. The van der Waals surface area contributed by atoms with Crippen molar-refractivity contribution in [2.75, 3.05) is 29.8 Å². The van der Waals surface area contributed by atoms with Gasteiger partial charge in [0.2, 0.25) is 0 Å². The van der Waals surface area contributed by atoms with Gasteiger partial charge in [-0.05, 0) is 36.6 Å². The third-order valence-corrected chi connectivity index (χ3v) is 8.17. The number of anilines is 2. The number of sulfonamides is 1. The molecule has 1 aliphatic rings. The van der Waals surface area contributed by atoms with Crippen LogP contribution >= 0.6 is 22.9 Å². The zero-order valence-corrected chi connectivity index (χ0v) is 20.4. The quantitative estimate of drug-likeness (QED) is 0.488. The Morgan fingerprint density at radius 2 is 2.09 bits per heavy atom. The van der Waals surface area contributed by atoms with Crippen molar-refractivity contribution in [2.24, 2.45) is 0 Å². The molecule has 2 aromatic carbocycles. The molecule has 1 N–H and O–H groups in total. The first-order chi connectivity index (χ1) is 15.7. The van der Waals surface area contributed by atoms with Crippen LogP contribution in [0.25, 0.3) is 0 Å². The summed E-state index contributed by atoms with van der Waals surface area (Å²) < 4.78 is 56.2. The minimum Gasteiger partial charge on any atom is -0.369 e. The first-order valence-electron chi connectivity index (χ1n) is 10.2. The van der Waals surface area contributed by atoms with E-state index in [4.69, 9.17) is 11.6 Å². The van der Waals surface area contributed by atoms with Crippen LogP contribution in [0.4, 0.5) is 20.3 Å². The van der Waals surface area contributed by atoms with Crippen LogP contribution in [0.3, 0.4) is 0 Å². The molecule has 0 saturated carbocycles. The number of halogens is 3. The van der Waals surface area contributed by atoms with Crippen LogP contribution in [-0.4, -0.2) is 44.5 Å². The van der Waals surface area contributed by atoms with E-state index >= 15 is 0 Å².